The second-order valence-corrected chi connectivity index (χ2v) is 18.0. The van der Waals surface area contributed by atoms with E-state index in [1.807, 2.05) is 0 Å². The fraction of sp³-hybridized carbons (Fsp3) is 0.904. The van der Waals surface area contributed by atoms with E-state index in [9.17, 15) is 25.2 Å². The fourth-order valence-corrected chi connectivity index (χ4v) is 8.05. The zero-order valence-corrected chi connectivity index (χ0v) is 39.7. The monoisotopic (exact) mass is 867 g/mol. The van der Waals surface area contributed by atoms with Gasteiger partial charge in [-0.05, 0) is 44.9 Å². The van der Waals surface area contributed by atoms with Crippen molar-refractivity contribution >= 4 is 5.97 Å². The lowest BCUT2D eigenvalue weighted by molar-refractivity contribution is -0.305. The van der Waals surface area contributed by atoms with Crippen LogP contribution in [0.2, 0.25) is 0 Å². The molecule has 1 fully saturated rings. The molecule has 360 valence electrons. The molecule has 9 heteroatoms. The summed E-state index contributed by atoms with van der Waals surface area (Å²) in [5.74, 6) is -0.312. The first kappa shape index (κ1) is 57.7. The molecule has 0 spiro atoms. The molecule has 0 bridgehead atoms. The minimum Gasteiger partial charge on any atom is -0.457 e. The molecule has 6 atom stereocenters. The lowest BCUT2D eigenvalue weighted by Gasteiger charge is -2.39. The van der Waals surface area contributed by atoms with Crippen LogP contribution < -0.4 is 0 Å². The molecule has 1 rings (SSSR count). The van der Waals surface area contributed by atoms with Crippen molar-refractivity contribution in [2.45, 2.75) is 275 Å². The van der Waals surface area contributed by atoms with E-state index >= 15 is 0 Å². The maximum atomic E-state index is 12.8. The standard InChI is InChI=1S/C52H98O9/c1-3-5-7-9-11-13-15-17-19-21-22-23-24-25-27-29-31-33-35-37-39-41-48(54)60-46(45-59-52-51(57)50(56)49(55)47(43-53)61-52)44-58-42-40-38-36-34-32-30-28-26-20-18-16-14-12-10-8-6-4-2/h14,16,20,26,46-47,49-53,55-57H,3-13,15,17-19,21-25,27-45H2,1-2H3/b16-14-,26-20-. The van der Waals surface area contributed by atoms with Gasteiger partial charge in [-0.2, -0.15) is 0 Å². The van der Waals surface area contributed by atoms with Crippen LogP contribution >= 0.6 is 0 Å². The summed E-state index contributed by atoms with van der Waals surface area (Å²) in [6.45, 7) is 4.56. The summed E-state index contributed by atoms with van der Waals surface area (Å²) in [5, 5.41) is 40.2. The molecule has 6 unspecified atom stereocenters. The Morgan fingerprint density at radius 1 is 0.525 bits per heavy atom. The van der Waals surface area contributed by atoms with Crippen LogP contribution in [0.1, 0.15) is 239 Å². The summed E-state index contributed by atoms with van der Waals surface area (Å²) < 4.78 is 22.9. The van der Waals surface area contributed by atoms with Crippen LogP contribution in [-0.2, 0) is 23.7 Å². The number of allylic oxidation sites excluding steroid dienone is 4. The highest BCUT2D eigenvalue weighted by atomic mass is 16.7. The molecule has 0 aromatic heterocycles. The van der Waals surface area contributed by atoms with E-state index in [1.54, 1.807) is 0 Å². The number of esters is 1. The summed E-state index contributed by atoms with van der Waals surface area (Å²) in [7, 11) is 0. The Morgan fingerprint density at radius 2 is 0.951 bits per heavy atom. The number of carbonyl (C=O) groups excluding carboxylic acids is 1. The average Bonchev–Trinajstić information content (AvgIpc) is 3.26. The predicted octanol–water partition coefficient (Wildman–Crippen LogP) is 12.5. The Morgan fingerprint density at radius 3 is 1.43 bits per heavy atom. The predicted molar refractivity (Wildman–Crippen MR) is 252 cm³/mol. The first-order chi connectivity index (χ1) is 29.9. The van der Waals surface area contributed by atoms with Crippen LogP contribution in [0.15, 0.2) is 24.3 Å². The number of hydrogen-bond donors (Lipinski definition) is 4. The first-order valence-corrected chi connectivity index (χ1v) is 25.9. The van der Waals surface area contributed by atoms with Gasteiger partial charge >= 0.3 is 5.97 Å². The number of ether oxygens (including phenoxy) is 4. The highest BCUT2D eigenvalue weighted by Gasteiger charge is 2.44. The fourth-order valence-electron chi connectivity index (χ4n) is 8.05. The number of aliphatic hydroxyl groups is 4. The molecule has 9 nitrogen and oxygen atoms in total. The summed E-state index contributed by atoms with van der Waals surface area (Å²) in [4.78, 5) is 12.8. The van der Waals surface area contributed by atoms with Gasteiger partial charge in [0.1, 0.15) is 30.5 Å². The number of rotatable bonds is 45. The smallest absolute Gasteiger partial charge is 0.306 e. The average molecular weight is 867 g/mol. The lowest BCUT2D eigenvalue weighted by Crippen LogP contribution is -2.59. The number of unbranched alkanes of at least 4 members (excludes halogenated alkanes) is 30. The third-order valence-electron chi connectivity index (χ3n) is 12.1. The van der Waals surface area contributed by atoms with Crippen LogP contribution in [0.3, 0.4) is 0 Å². The number of hydrogen-bond acceptors (Lipinski definition) is 9. The molecule has 1 aliphatic rings. The highest BCUT2D eigenvalue weighted by Crippen LogP contribution is 2.23. The molecule has 1 heterocycles. The van der Waals surface area contributed by atoms with Gasteiger partial charge in [0.25, 0.3) is 0 Å². The van der Waals surface area contributed by atoms with Gasteiger partial charge in [-0.1, -0.05) is 212 Å². The molecular formula is C52H98O9. The zero-order valence-electron chi connectivity index (χ0n) is 39.7. The second kappa shape index (κ2) is 43.9. The van der Waals surface area contributed by atoms with Gasteiger partial charge in [0, 0.05) is 13.0 Å². The van der Waals surface area contributed by atoms with Crippen LogP contribution in [0.4, 0.5) is 0 Å². The third-order valence-corrected chi connectivity index (χ3v) is 12.1. The Bertz CT molecular complexity index is 988. The molecule has 61 heavy (non-hydrogen) atoms. The third kappa shape index (κ3) is 34.7. The van der Waals surface area contributed by atoms with Crippen molar-refractivity contribution in [1.29, 1.82) is 0 Å². The summed E-state index contributed by atoms with van der Waals surface area (Å²) in [6.07, 6.45) is 45.0. The lowest BCUT2D eigenvalue weighted by atomic mass is 9.99. The van der Waals surface area contributed by atoms with E-state index < -0.39 is 43.4 Å². The van der Waals surface area contributed by atoms with E-state index in [4.69, 9.17) is 18.9 Å². The van der Waals surface area contributed by atoms with Gasteiger partial charge in [0.15, 0.2) is 6.29 Å². The maximum absolute atomic E-state index is 12.8. The van der Waals surface area contributed by atoms with Gasteiger partial charge in [-0.15, -0.1) is 0 Å². The van der Waals surface area contributed by atoms with Gasteiger partial charge < -0.3 is 39.4 Å². The Balaban J connectivity index is 2.19. The molecule has 1 aliphatic heterocycles. The molecule has 4 N–H and O–H groups in total. The van der Waals surface area contributed by atoms with Crippen molar-refractivity contribution in [3.05, 3.63) is 24.3 Å². The van der Waals surface area contributed by atoms with Crippen molar-refractivity contribution in [1.82, 2.24) is 0 Å². The van der Waals surface area contributed by atoms with Crippen LogP contribution in [0.25, 0.3) is 0 Å². The molecular weight excluding hydrogens is 769 g/mol. The summed E-state index contributed by atoms with van der Waals surface area (Å²) >= 11 is 0. The SMILES string of the molecule is CCCCCC/C=C\C/C=C\CCCCCCCCOCC(COC1OC(CO)C(O)C(O)C1O)OC(=O)CCCCCCCCCCCCCCCCCCCCCCC. The van der Waals surface area contributed by atoms with Crippen LogP contribution in [0, 0.1) is 0 Å². The number of aliphatic hydroxyl groups excluding tert-OH is 4. The van der Waals surface area contributed by atoms with Gasteiger partial charge in [-0.25, -0.2) is 0 Å². The van der Waals surface area contributed by atoms with Gasteiger partial charge in [0.05, 0.1) is 19.8 Å². The van der Waals surface area contributed by atoms with E-state index in [0.717, 1.165) is 51.4 Å². The molecule has 0 saturated carbocycles. The first-order valence-electron chi connectivity index (χ1n) is 25.9. The summed E-state index contributed by atoms with van der Waals surface area (Å²) in [5.41, 5.74) is 0. The topological polar surface area (TPSA) is 135 Å². The van der Waals surface area contributed by atoms with Crippen molar-refractivity contribution in [3.8, 4) is 0 Å². The van der Waals surface area contributed by atoms with Crippen molar-refractivity contribution in [3.63, 3.8) is 0 Å². The molecule has 0 amide bonds. The second-order valence-electron chi connectivity index (χ2n) is 18.0. The van der Waals surface area contributed by atoms with Crippen LogP contribution in [-0.4, -0.2) is 89.6 Å². The van der Waals surface area contributed by atoms with E-state index in [1.165, 1.54) is 167 Å². The molecule has 0 aliphatic carbocycles. The molecule has 0 aromatic rings. The summed E-state index contributed by atoms with van der Waals surface area (Å²) in [6, 6.07) is 0. The normalized spacial score (nSPS) is 20.0. The largest absolute Gasteiger partial charge is 0.457 e. The minimum atomic E-state index is -1.54. The Hall–Kier alpha value is -1.33. The highest BCUT2D eigenvalue weighted by molar-refractivity contribution is 5.69. The number of carbonyl (C=O) groups is 1. The van der Waals surface area contributed by atoms with Gasteiger partial charge in [-0.3, -0.25) is 4.79 Å². The van der Waals surface area contributed by atoms with Gasteiger partial charge in [0.2, 0.25) is 0 Å². The molecule has 0 aromatic carbocycles. The van der Waals surface area contributed by atoms with E-state index in [0.29, 0.717) is 13.0 Å². The quantitative estimate of drug-likeness (QED) is 0.0268. The molecule has 1 saturated heterocycles. The maximum Gasteiger partial charge on any atom is 0.306 e. The molecule has 0 radical (unpaired) electrons. The minimum absolute atomic E-state index is 0.114. The van der Waals surface area contributed by atoms with Crippen LogP contribution in [0.5, 0.6) is 0 Å². The Kier molecular flexibility index (Phi) is 41.5. The van der Waals surface area contributed by atoms with Crippen molar-refractivity contribution in [2.24, 2.45) is 0 Å². The van der Waals surface area contributed by atoms with E-state index in [2.05, 4.69) is 38.2 Å². The Labute approximate surface area is 375 Å². The van der Waals surface area contributed by atoms with Crippen molar-refractivity contribution in [2.75, 3.05) is 26.4 Å². The zero-order chi connectivity index (χ0) is 44.3. The van der Waals surface area contributed by atoms with E-state index in [-0.39, 0.29) is 19.2 Å². The van der Waals surface area contributed by atoms with Crippen molar-refractivity contribution < 1.29 is 44.2 Å².